The monoisotopic (exact) mass is 1210 g/mol. The first-order chi connectivity index (χ1) is 39.2. The van der Waals surface area contributed by atoms with Gasteiger partial charge >= 0.3 is 11.5 Å². The van der Waals surface area contributed by atoms with Crippen molar-refractivity contribution < 1.29 is 49.4 Å². The number of piperazine rings is 2. The Morgan fingerprint density at radius 1 is 0.793 bits per heavy atom. The van der Waals surface area contributed by atoms with Gasteiger partial charge in [0.1, 0.15) is 4.90 Å². The van der Waals surface area contributed by atoms with Crippen LogP contribution in [0.15, 0.2) is 136 Å². The van der Waals surface area contributed by atoms with Crippen LogP contribution in [0.1, 0.15) is 71.0 Å². The van der Waals surface area contributed by atoms with Gasteiger partial charge in [0.15, 0.2) is 0 Å². The second-order valence-electron chi connectivity index (χ2n) is 21.9. The molecule has 0 bridgehead atoms. The summed E-state index contributed by atoms with van der Waals surface area (Å²) in [4.78, 5) is 39.8. The summed E-state index contributed by atoms with van der Waals surface area (Å²) in [6.45, 7) is 14.6. The lowest BCUT2D eigenvalue weighted by molar-refractivity contribution is -0.0436. The minimum Gasteiger partial charge on any atom is -0.478 e. The molecule has 16 nitrogen and oxygen atoms in total. The normalized spacial score (nSPS) is 19.8. The number of nitrogens with zero attached hydrogens (tertiary/aromatic N) is 6. The lowest BCUT2D eigenvalue weighted by Crippen LogP contribution is -2.50. The maximum absolute atomic E-state index is 14.3. The van der Waals surface area contributed by atoms with E-state index in [0.29, 0.717) is 69.2 Å². The zero-order chi connectivity index (χ0) is 58.1. The molecule has 1 aliphatic carbocycles. The molecule has 0 unspecified atom stereocenters. The molecule has 5 aromatic rings. The summed E-state index contributed by atoms with van der Waals surface area (Å²) >= 11 is 7.79. The van der Waals surface area contributed by atoms with Crippen molar-refractivity contribution in [3.63, 3.8) is 0 Å². The number of aromatic nitrogens is 1. The van der Waals surface area contributed by atoms with Gasteiger partial charge in [-0.2, -0.15) is 13.2 Å². The fraction of sp³-hybridized carbons (Fsp3) is 0.441. The molecule has 4 aromatic carbocycles. The molecule has 3 N–H and O–H groups in total. The predicted octanol–water partition coefficient (Wildman–Crippen LogP) is 9.11. The Hall–Kier alpha value is -5.56. The molecular formula is C59H70ClF3N8O8S3. The van der Waals surface area contributed by atoms with E-state index in [9.17, 15) is 44.7 Å². The van der Waals surface area contributed by atoms with Crippen LogP contribution in [-0.2, 0) is 31.1 Å². The molecular weight excluding hydrogens is 1140 g/mol. The van der Waals surface area contributed by atoms with E-state index in [1.807, 2.05) is 47.2 Å². The Labute approximate surface area is 488 Å². The zero-order valence-corrected chi connectivity index (χ0v) is 49.0. The number of carbonyl (C=O) groups is 2. The van der Waals surface area contributed by atoms with E-state index in [-0.39, 0.29) is 16.5 Å². The van der Waals surface area contributed by atoms with Crippen LogP contribution in [0.2, 0.25) is 5.02 Å². The third kappa shape index (κ3) is 16.0. The number of benzene rings is 4. The summed E-state index contributed by atoms with van der Waals surface area (Å²) < 4.78 is 104. The van der Waals surface area contributed by atoms with E-state index >= 15 is 0 Å². The lowest BCUT2D eigenvalue weighted by atomic mass is 9.71. The van der Waals surface area contributed by atoms with E-state index in [0.717, 1.165) is 113 Å². The van der Waals surface area contributed by atoms with Crippen molar-refractivity contribution in [2.75, 3.05) is 114 Å². The molecule has 82 heavy (non-hydrogen) atoms. The number of ether oxygens (including phenoxy) is 1. The molecule has 4 heterocycles. The molecule has 1 amide bonds. The maximum Gasteiger partial charge on any atom is 0.501 e. The number of hydrogen-bond donors (Lipinski definition) is 3. The number of pyridine rings is 1. The number of hydrogen-bond acceptors (Lipinski definition) is 15. The highest BCUT2D eigenvalue weighted by atomic mass is 35.5. The van der Waals surface area contributed by atoms with Crippen molar-refractivity contribution >= 4 is 72.0 Å². The number of sulfone groups is 1. The van der Waals surface area contributed by atoms with Crippen LogP contribution >= 0.6 is 23.4 Å². The van der Waals surface area contributed by atoms with Gasteiger partial charge in [-0.15, -0.1) is 11.8 Å². The number of sulfonamides is 1. The Kier molecular flexibility index (Phi) is 20.1. The van der Waals surface area contributed by atoms with Gasteiger partial charge in [-0.3, -0.25) is 19.6 Å². The van der Waals surface area contributed by atoms with Crippen LogP contribution in [-0.4, -0.2) is 174 Å². The van der Waals surface area contributed by atoms with Gasteiger partial charge in [0, 0.05) is 137 Å². The number of amides is 1. The van der Waals surface area contributed by atoms with Crippen LogP contribution in [0, 0.1) is 5.41 Å². The van der Waals surface area contributed by atoms with Gasteiger partial charge in [0.05, 0.1) is 28.4 Å². The van der Waals surface area contributed by atoms with Crippen LogP contribution < -0.4 is 14.9 Å². The molecule has 23 heteroatoms. The lowest BCUT2D eigenvalue weighted by Gasteiger charge is -2.44. The first-order valence-corrected chi connectivity index (χ1v) is 32.0. The molecule has 1 aromatic heterocycles. The van der Waals surface area contributed by atoms with Gasteiger partial charge in [0.2, 0.25) is 0 Å². The summed E-state index contributed by atoms with van der Waals surface area (Å²) in [6, 6.07) is 29.2. The van der Waals surface area contributed by atoms with Crippen LogP contribution in [0.3, 0.4) is 0 Å². The second-order valence-corrected chi connectivity index (χ2v) is 27.0. The highest BCUT2D eigenvalue weighted by Crippen LogP contribution is 2.44. The second kappa shape index (κ2) is 27.0. The topological polar surface area (TPSA) is 185 Å². The molecule has 440 valence electrons. The van der Waals surface area contributed by atoms with Crippen LogP contribution in [0.5, 0.6) is 0 Å². The van der Waals surface area contributed by atoms with Gasteiger partial charge < -0.3 is 29.9 Å². The largest absolute Gasteiger partial charge is 0.501 e. The maximum atomic E-state index is 14.3. The minimum absolute atomic E-state index is 0.0203. The Morgan fingerprint density at radius 2 is 1.48 bits per heavy atom. The molecule has 0 radical (unpaired) electrons. The van der Waals surface area contributed by atoms with E-state index in [1.165, 1.54) is 46.8 Å². The average Bonchev–Trinajstić information content (AvgIpc) is 3.91. The number of rotatable bonds is 21. The van der Waals surface area contributed by atoms with Crippen molar-refractivity contribution in [3.05, 3.63) is 148 Å². The van der Waals surface area contributed by atoms with Gasteiger partial charge in [-0.05, 0) is 128 Å². The molecule has 3 fully saturated rings. The summed E-state index contributed by atoms with van der Waals surface area (Å²) in [5.41, 5.74) is -0.308. The smallest absolute Gasteiger partial charge is 0.478 e. The van der Waals surface area contributed by atoms with E-state index in [4.69, 9.17) is 16.3 Å². The number of aromatic carboxylic acids is 1. The minimum atomic E-state index is -6.09. The van der Waals surface area contributed by atoms with Crippen LogP contribution in [0.25, 0.3) is 5.57 Å². The molecule has 0 saturated carbocycles. The number of alkyl halides is 3. The number of carboxylic acids is 1. The van der Waals surface area contributed by atoms with Gasteiger partial charge in [-0.25, -0.2) is 26.4 Å². The molecule has 3 aliphatic heterocycles. The van der Waals surface area contributed by atoms with Crippen molar-refractivity contribution in [1.29, 1.82) is 0 Å². The Bertz CT molecular complexity index is 3250. The van der Waals surface area contributed by atoms with Crippen molar-refractivity contribution in [2.24, 2.45) is 5.41 Å². The molecule has 4 aliphatic rings. The van der Waals surface area contributed by atoms with Gasteiger partial charge in [-0.1, -0.05) is 54.4 Å². The van der Waals surface area contributed by atoms with E-state index in [2.05, 4.69) is 53.9 Å². The first kappa shape index (κ1) is 61.0. The van der Waals surface area contributed by atoms with Gasteiger partial charge in [0.25, 0.3) is 25.8 Å². The number of nitrogens with one attached hydrogen (secondary N) is 2. The van der Waals surface area contributed by atoms with Crippen LogP contribution in [0.4, 0.5) is 24.5 Å². The summed E-state index contributed by atoms with van der Waals surface area (Å²) in [5, 5.41) is 13.0. The van der Waals surface area contributed by atoms with E-state index < -0.39 is 58.8 Å². The molecule has 9 rings (SSSR count). The average molecular weight is 1210 g/mol. The number of anilines is 2. The molecule has 0 spiro atoms. The number of allylic oxidation sites excluding steroid dienone is 1. The highest BCUT2D eigenvalue weighted by Gasteiger charge is 2.48. The Balaban J connectivity index is 0.819. The standard InChI is InChI=1S/C59H70ClF3N8O8S3/c1-58(42-70-27-25-69(26-28-70)40-48-15-10-45(38-64-48)57(73)74)22-20-53(43-8-13-47(60)14-9-43)46(37-58)39-68-29-31-71(32-30-68)50-16-11-44(12-17-50)56(72)66-82(77,78)52-18-19-54(55(36-52)81(75,76)59(61,62)63)65-49(41-80-51-6-3-2-4-7-51)21-24-67-23-5-34-79-35-33-67/h2-4,6-19,36,38,49,65H,5,20-35,37,39-42H2,1H3,(H,66,72)(H,73,74)/t49-,58-/m1/s1. The van der Waals surface area contributed by atoms with Crippen molar-refractivity contribution in [2.45, 2.75) is 71.8 Å². The number of halogens is 4. The summed E-state index contributed by atoms with van der Waals surface area (Å²) in [7, 11) is -11.0. The third-order valence-corrected chi connectivity index (χ3v) is 20.1. The fourth-order valence-corrected chi connectivity index (χ4v) is 14.4. The van der Waals surface area contributed by atoms with E-state index in [1.54, 1.807) is 24.3 Å². The number of carboxylic acid groups (broad SMARTS) is 1. The highest BCUT2D eigenvalue weighted by molar-refractivity contribution is 7.99. The summed E-state index contributed by atoms with van der Waals surface area (Å²) in [5.74, 6) is -1.67. The predicted molar refractivity (Wildman–Crippen MR) is 314 cm³/mol. The fourth-order valence-electron chi connectivity index (χ4n) is 11.2. The first-order valence-electron chi connectivity index (χ1n) is 27.6. The third-order valence-electron chi connectivity index (χ3n) is 15.8. The summed E-state index contributed by atoms with van der Waals surface area (Å²) in [6.07, 6.45) is 5.61. The van der Waals surface area contributed by atoms with Crippen molar-refractivity contribution in [3.8, 4) is 0 Å². The number of thioether (sulfide) groups is 1. The Morgan fingerprint density at radius 3 is 2.16 bits per heavy atom. The SMILES string of the molecule is C[C@@]1(CN2CCN(Cc3ccc(C(=O)O)cn3)CC2)CCC(c2ccc(Cl)cc2)=C(CN2CCN(c3ccc(C(=O)NS(=O)(=O)c4ccc(N[C@H](CCN5CCCOCC5)CSc5ccccc5)c(S(=O)(=O)C(F)(F)F)c4)cc3)CC2)C1. The number of carbonyl (C=O) groups excluding carboxylic acids is 1. The molecule has 3 saturated heterocycles. The van der Waals surface area contributed by atoms with Crippen molar-refractivity contribution in [1.82, 2.24) is 29.3 Å². The quantitative estimate of drug-likeness (QED) is 0.0591. The molecule has 2 atom stereocenters. The zero-order valence-electron chi connectivity index (χ0n) is 45.8.